The number of hydrogen-bond donors (Lipinski definition) is 1. The van der Waals surface area contributed by atoms with Gasteiger partial charge in [0.1, 0.15) is 5.54 Å². The molecule has 0 bridgehead atoms. The molecular weight excluding hydrogens is 228 g/mol. The summed E-state index contributed by atoms with van der Waals surface area (Å²) in [7, 11) is 3.94. The molecule has 1 atom stereocenters. The van der Waals surface area contributed by atoms with Crippen molar-refractivity contribution >= 4 is 5.97 Å². The number of esters is 1. The number of carbonyl (C=O) groups excluding carboxylic acids is 1. The average molecular weight is 256 g/mol. The van der Waals surface area contributed by atoms with E-state index in [1.54, 1.807) is 0 Å². The summed E-state index contributed by atoms with van der Waals surface area (Å²) in [6.07, 6.45) is 6.47. The minimum absolute atomic E-state index is 0.157. The SMILES string of the molecule is CCOC(=O)C(C)(CN(C)C1CCCCC1)NC. The molecule has 0 aromatic carbocycles. The summed E-state index contributed by atoms with van der Waals surface area (Å²) >= 11 is 0. The summed E-state index contributed by atoms with van der Waals surface area (Å²) in [5, 5.41) is 3.12. The Morgan fingerprint density at radius 2 is 2.00 bits per heavy atom. The molecule has 1 aliphatic carbocycles. The number of ether oxygens (including phenoxy) is 1. The maximum Gasteiger partial charge on any atom is 0.327 e. The highest BCUT2D eigenvalue weighted by atomic mass is 16.5. The highest BCUT2D eigenvalue weighted by Gasteiger charge is 2.35. The molecular formula is C14H28N2O2. The molecule has 1 N–H and O–H groups in total. The van der Waals surface area contributed by atoms with Crippen LogP contribution >= 0.6 is 0 Å². The van der Waals surface area contributed by atoms with Crippen LogP contribution < -0.4 is 5.32 Å². The van der Waals surface area contributed by atoms with Crippen molar-refractivity contribution in [3.63, 3.8) is 0 Å². The predicted octanol–water partition coefficient (Wildman–Crippen LogP) is 1.79. The van der Waals surface area contributed by atoms with Gasteiger partial charge >= 0.3 is 5.97 Å². The van der Waals surface area contributed by atoms with E-state index in [2.05, 4.69) is 17.3 Å². The molecule has 1 fully saturated rings. The van der Waals surface area contributed by atoms with E-state index in [1.807, 2.05) is 20.9 Å². The third-order valence-corrected chi connectivity index (χ3v) is 4.04. The standard InChI is InChI=1S/C14H28N2O2/c1-5-18-13(17)14(2,15-3)11-16(4)12-9-7-6-8-10-12/h12,15H,5-11H2,1-4H3. The zero-order valence-electron chi connectivity index (χ0n) is 12.3. The van der Waals surface area contributed by atoms with Crippen LogP contribution in [0.3, 0.4) is 0 Å². The zero-order chi connectivity index (χ0) is 13.6. The lowest BCUT2D eigenvalue weighted by Gasteiger charge is -2.37. The quantitative estimate of drug-likeness (QED) is 0.736. The first kappa shape index (κ1) is 15.4. The molecule has 0 spiro atoms. The molecule has 1 unspecified atom stereocenters. The molecule has 0 radical (unpaired) electrons. The maximum absolute atomic E-state index is 12.0. The molecule has 106 valence electrons. The minimum Gasteiger partial charge on any atom is -0.465 e. The minimum atomic E-state index is -0.609. The summed E-state index contributed by atoms with van der Waals surface area (Å²) in [6, 6.07) is 0.612. The molecule has 1 aliphatic rings. The lowest BCUT2D eigenvalue weighted by atomic mass is 9.92. The Kier molecular flexibility index (Phi) is 6.09. The number of nitrogens with one attached hydrogen (secondary N) is 1. The van der Waals surface area contributed by atoms with E-state index in [0.717, 1.165) is 0 Å². The second kappa shape index (κ2) is 7.10. The van der Waals surface area contributed by atoms with Gasteiger partial charge < -0.3 is 15.0 Å². The first-order valence-corrected chi connectivity index (χ1v) is 7.10. The molecule has 4 nitrogen and oxygen atoms in total. The Morgan fingerprint density at radius 3 is 2.50 bits per heavy atom. The van der Waals surface area contributed by atoms with Crippen molar-refractivity contribution in [2.24, 2.45) is 0 Å². The van der Waals surface area contributed by atoms with Gasteiger partial charge in [0.2, 0.25) is 0 Å². The summed E-state index contributed by atoms with van der Waals surface area (Å²) in [5.74, 6) is -0.157. The van der Waals surface area contributed by atoms with E-state index >= 15 is 0 Å². The largest absolute Gasteiger partial charge is 0.465 e. The van der Waals surface area contributed by atoms with Crippen LogP contribution in [0.5, 0.6) is 0 Å². The van der Waals surface area contributed by atoms with Crippen molar-refractivity contribution in [3.8, 4) is 0 Å². The molecule has 0 saturated heterocycles. The number of nitrogens with zero attached hydrogens (tertiary/aromatic N) is 1. The van der Waals surface area contributed by atoms with Gasteiger partial charge in [0.15, 0.2) is 0 Å². The molecule has 1 saturated carbocycles. The van der Waals surface area contributed by atoms with Crippen molar-refractivity contribution in [2.45, 2.75) is 57.5 Å². The predicted molar refractivity (Wildman–Crippen MR) is 73.6 cm³/mol. The van der Waals surface area contributed by atoms with Gasteiger partial charge in [0.25, 0.3) is 0 Å². The van der Waals surface area contributed by atoms with Gasteiger partial charge in [-0.2, -0.15) is 0 Å². The van der Waals surface area contributed by atoms with Crippen LogP contribution in [-0.4, -0.2) is 49.7 Å². The number of likely N-dealkylation sites (N-methyl/N-ethyl adjacent to an activating group) is 2. The lowest BCUT2D eigenvalue weighted by molar-refractivity contribution is -0.151. The van der Waals surface area contributed by atoms with Gasteiger partial charge in [0, 0.05) is 12.6 Å². The fraction of sp³-hybridized carbons (Fsp3) is 0.929. The van der Waals surface area contributed by atoms with E-state index in [1.165, 1.54) is 32.1 Å². The van der Waals surface area contributed by atoms with Crippen LogP contribution in [0.25, 0.3) is 0 Å². The van der Waals surface area contributed by atoms with Crippen LogP contribution in [0, 0.1) is 0 Å². The second-order valence-corrected chi connectivity index (χ2v) is 5.51. The molecule has 0 aromatic heterocycles. The van der Waals surface area contributed by atoms with Crippen molar-refractivity contribution in [1.29, 1.82) is 0 Å². The van der Waals surface area contributed by atoms with E-state index in [0.29, 0.717) is 19.2 Å². The van der Waals surface area contributed by atoms with Gasteiger partial charge in [-0.15, -0.1) is 0 Å². The highest BCUT2D eigenvalue weighted by molar-refractivity contribution is 5.80. The molecule has 18 heavy (non-hydrogen) atoms. The summed E-state index contributed by atoms with van der Waals surface area (Å²) in [4.78, 5) is 14.3. The van der Waals surface area contributed by atoms with Crippen LogP contribution in [-0.2, 0) is 9.53 Å². The number of carbonyl (C=O) groups is 1. The van der Waals surface area contributed by atoms with Crippen LogP contribution in [0.4, 0.5) is 0 Å². The van der Waals surface area contributed by atoms with Gasteiger partial charge in [-0.3, -0.25) is 4.79 Å². The molecule has 0 aliphatic heterocycles. The van der Waals surface area contributed by atoms with E-state index in [-0.39, 0.29) is 5.97 Å². The summed E-state index contributed by atoms with van der Waals surface area (Å²) in [5.41, 5.74) is -0.609. The molecule has 4 heteroatoms. The topological polar surface area (TPSA) is 41.6 Å². The van der Waals surface area contributed by atoms with Gasteiger partial charge in [-0.25, -0.2) is 0 Å². The fourth-order valence-corrected chi connectivity index (χ4v) is 2.69. The van der Waals surface area contributed by atoms with E-state index in [9.17, 15) is 4.79 Å². The van der Waals surface area contributed by atoms with Gasteiger partial charge in [0.05, 0.1) is 6.61 Å². The third kappa shape index (κ3) is 3.95. The van der Waals surface area contributed by atoms with Gasteiger partial charge in [-0.1, -0.05) is 19.3 Å². The monoisotopic (exact) mass is 256 g/mol. The van der Waals surface area contributed by atoms with Crippen molar-refractivity contribution in [3.05, 3.63) is 0 Å². The Morgan fingerprint density at radius 1 is 1.39 bits per heavy atom. The maximum atomic E-state index is 12.0. The Bertz CT molecular complexity index is 265. The normalized spacial score (nSPS) is 20.7. The average Bonchev–Trinajstić information content (AvgIpc) is 2.39. The van der Waals surface area contributed by atoms with Crippen LogP contribution in [0.2, 0.25) is 0 Å². The summed E-state index contributed by atoms with van der Waals surface area (Å²) < 4.78 is 5.16. The van der Waals surface area contributed by atoms with Crippen LogP contribution in [0.15, 0.2) is 0 Å². The Labute approximate surface area is 111 Å². The van der Waals surface area contributed by atoms with E-state index < -0.39 is 5.54 Å². The first-order chi connectivity index (χ1) is 8.53. The highest BCUT2D eigenvalue weighted by Crippen LogP contribution is 2.23. The third-order valence-electron chi connectivity index (χ3n) is 4.04. The number of hydrogen-bond acceptors (Lipinski definition) is 4. The lowest BCUT2D eigenvalue weighted by Crippen LogP contribution is -2.57. The fourth-order valence-electron chi connectivity index (χ4n) is 2.69. The van der Waals surface area contributed by atoms with Crippen molar-refractivity contribution in [2.75, 3.05) is 27.2 Å². The van der Waals surface area contributed by atoms with Crippen molar-refractivity contribution < 1.29 is 9.53 Å². The smallest absolute Gasteiger partial charge is 0.327 e. The Hall–Kier alpha value is -0.610. The van der Waals surface area contributed by atoms with Gasteiger partial charge in [-0.05, 0) is 40.8 Å². The molecule has 0 heterocycles. The number of rotatable bonds is 6. The first-order valence-electron chi connectivity index (χ1n) is 7.10. The molecule has 0 amide bonds. The van der Waals surface area contributed by atoms with Crippen LogP contribution in [0.1, 0.15) is 46.0 Å². The summed E-state index contributed by atoms with van der Waals surface area (Å²) in [6.45, 7) is 4.90. The second-order valence-electron chi connectivity index (χ2n) is 5.51. The van der Waals surface area contributed by atoms with E-state index in [4.69, 9.17) is 4.74 Å². The van der Waals surface area contributed by atoms with Crippen molar-refractivity contribution in [1.82, 2.24) is 10.2 Å². The zero-order valence-corrected chi connectivity index (χ0v) is 12.3. The molecule has 1 rings (SSSR count). The molecule has 0 aromatic rings. The Balaban J connectivity index is 2.57.